The van der Waals surface area contributed by atoms with Crippen molar-refractivity contribution >= 4 is 15.9 Å². The molecule has 0 amide bonds. The topological polar surface area (TPSA) is 9.23 Å². The van der Waals surface area contributed by atoms with Crippen LogP contribution in [0.15, 0.2) is 114 Å². The highest BCUT2D eigenvalue weighted by molar-refractivity contribution is 9.10. The molecule has 1 nitrogen and oxygen atoms in total. The largest absolute Gasteiger partial charge is 0.477 e. The number of hydrogen-bond acceptors (Lipinski definition) is 1. The molecule has 4 aromatic rings. The maximum Gasteiger partial charge on any atom is 0.160 e. The maximum atomic E-state index is 6.88. The fourth-order valence-electron chi connectivity index (χ4n) is 4.43. The van der Waals surface area contributed by atoms with E-state index in [0.29, 0.717) is 0 Å². The third-order valence-corrected chi connectivity index (χ3v) is 6.30. The van der Waals surface area contributed by atoms with E-state index >= 15 is 0 Å². The fraction of sp³-hybridized carbons (Fsp3) is 0.111. The van der Waals surface area contributed by atoms with E-state index in [9.17, 15) is 0 Å². The molecule has 0 saturated carbocycles. The van der Waals surface area contributed by atoms with Gasteiger partial charge in [-0.15, -0.1) is 0 Å². The van der Waals surface area contributed by atoms with Gasteiger partial charge in [0.1, 0.15) is 5.75 Å². The summed E-state index contributed by atoms with van der Waals surface area (Å²) in [5, 5.41) is 0. The van der Waals surface area contributed by atoms with E-state index in [0.717, 1.165) is 16.6 Å². The normalized spacial score (nSPS) is 17.2. The molecule has 0 spiro atoms. The molecule has 0 radical (unpaired) electrons. The number of fused-ring (bicyclic) bond motifs is 1. The fourth-order valence-corrected chi connectivity index (χ4v) is 4.81. The number of halogens is 1. The van der Waals surface area contributed by atoms with E-state index in [4.69, 9.17) is 4.74 Å². The molecular formula is C27H21BrO. The summed E-state index contributed by atoms with van der Waals surface area (Å²) in [7, 11) is 0. The zero-order valence-corrected chi connectivity index (χ0v) is 17.5. The molecule has 0 aliphatic carbocycles. The molecule has 1 aliphatic rings. The van der Waals surface area contributed by atoms with Gasteiger partial charge in [-0.3, -0.25) is 0 Å². The Morgan fingerprint density at radius 1 is 0.690 bits per heavy atom. The minimum Gasteiger partial charge on any atom is -0.477 e. The van der Waals surface area contributed by atoms with Crippen molar-refractivity contribution in [1.29, 1.82) is 0 Å². The smallest absolute Gasteiger partial charge is 0.160 e. The summed E-state index contributed by atoms with van der Waals surface area (Å²) in [4.78, 5) is 0. The van der Waals surface area contributed by atoms with Gasteiger partial charge in [-0.1, -0.05) is 107 Å². The van der Waals surface area contributed by atoms with Crippen LogP contribution in [0.4, 0.5) is 0 Å². The van der Waals surface area contributed by atoms with Gasteiger partial charge in [-0.25, -0.2) is 0 Å². The second-order valence-electron chi connectivity index (χ2n) is 7.51. The van der Waals surface area contributed by atoms with Gasteiger partial charge in [0.15, 0.2) is 5.60 Å². The summed E-state index contributed by atoms with van der Waals surface area (Å²) in [6.45, 7) is 0. The molecule has 1 unspecified atom stereocenters. The van der Waals surface area contributed by atoms with Crippen LogP contribution in [-0.2, 0) is 5.60 Å². The highest BCUT2D eigenvalue weighted by atomic mass is 79.9. The van der Waals surface area contributed by atoms with Gasteiger partial charge in [0.2, 0.25) is 0 Å². The number of ether oxygens (including phenoxy) is 1. The van der Waals surface area contributed by atoms with Crippen LogP contribution in [0.25, 0.3) is 0 Å². The Morgan fingerprint density at radius 3 is 1.83 bits per heavy atom. The lowest BCUT2D eigenvalue weighted by molar-refractivity contribution is 0.0775. The van der Waals surface area contributed by atoms with Gasteiger partial charge < -0.3 is 4.74 Å². The Kier molecular flexibility index (Phi) is 4.73. The lowest BCUT2D eigenvalue weighted by Crippen LogP contribution is -2.40. The van der Waals surface area contributed by atoms with E-state index in [1.54, 1.807) is 0 Å². The van der Waals surface area contributed by atoms with Gasteiger partial charge in [0.25, 0.3) is 0 Å². The van der Waals surface area contributed by atoms with Crippen LogP contribution in [-0.4, -0.2) is 0 Å². The zero-order valence-electron chi connectivity index (χ0n) is 16.0. The summed E-state index contributed by atoms with van der Waals surface area (Å²) in [5.74, 6) is 1.18. The number of benzene rings is 4. The van der Waals surface area contributed by atoms with Crippen molar-refractivity contribution in [1.82, 2.24) is 0 Å². The highest BCUT2D eigenvalue weighted by Gasteiger charge is 2.44. The lowest BCUT2D eigenvalue weighted by Gasteiger charge is -2.43. The van der Waals surface area contributed by atoms with Crippen LogP contribution < -0.4 is 4.74 Å². The first kappa shape index (κ1) is 18.2. The molecule has 5 rings (SSSR count). The van der Waals surface area contributed by atoms with Crippen molar-refractivity contribution in [2.45, 2.75) is 17.9 Å². The molecular weight excluding hydrogens is 420 g/mol. The summed E-state index contributed by atoms with van der Waals surface area (Å²) in [6, 6.07) is 38.3. The van der Waals surface area contributed by atoms with E-state index in [1.807, 2.05) is 0 Å². The van der Waals surface area contributed by atoms with Crippen LogP contribution in [0.2, 0.25) is 0 Å². The van der Waals surface area contributed by atoms with Crippen molar-refractivity contribution in [2.24, 2.45) is 0 Å². The van der Waals surface area contributed by atoms with Gasteiger partial charge in [0, 0.05) is 22.4 Å². The highest BCUT2D eigenvalue weighted by Crippen LogP contribution is 2.51. The third-order valence-electron chi connectivity index (χ3n) is 5.81. The standard InChI is InChI=1S/C27H21BrO/c28-23-16-17-26-24(18-23)25(20-10-4-1-5-11-20)19-27(29-26,21-12-6-2-7-13-21)22-14-8-3-9-15-22/h1-18,25H,19H2. The van der Waals surface area contributed by atoms with Crippen LogP contribution >= 0.6 is 15.9 Å². The number of hydrogen-bond donors (Lipinski definition) is 0. The lowest BCUT2D eigenvalue weighted by atomic mass is 9.73. The second-order valence-corrected chi connectivity index (χ2v) is 8.43. The molecule has 0 aromatic heterocycles. The van der Waals surface area contributed by atoms with Gasteiger partial charge in [-0.2, -0.15) is 0 Å². The second kappa shape index (κ2) is 7.53. The van der Waals surface area contributed by atoms with Crippen LogP contribution in [0.1, 0.15) is 34.6 Å². The van der Waals surface area contributed by atoms with Crippen molar-refractivity contribution in [2.75, 3.05) is 0 Å². The predicted molar refractivity (Wildman–Crippen MR) is 121 cm³/mol. The Bertz CT molecular complexity index is 1070. The predicted octanol–water partition coefficient (Wildman–Crippen LogP) is 7.31. The molecule has 0 bridgehead atoms. The van der Waals surface area contributed by atoms with E-state index in [-0.39, 0.29) is 5.92 Å². The quantitative estimate of drug-likeness (QED) is 0.324. The Balaban J connectivity index is 1.76. The van der Waals surface area contributed by atoms with Gasteiger partial charge in [-0.05, 0) is 34.9 Å². The summed E-state index contributed by atoms with van der Waals surface area (Å²) in [6.07, 6.45) is 0.842. The van der Waals surface area contributed by atoms with E-state index in [1.165, 1.54) is 22.3 Å². The first-order valence-electron chi connectivity index (χ1n) is 9.91. The van der Waals surface area contributed by atoms with Crippen LogP contribution in [0.3, 0.4) is 0 Å². The average molecular weight is 441 g/mol. The molecule has 1 heterocycles. The molecule has 29 heavy (non-hydrogen) atoms. The zero-order chi connectivity index (χ0) is 19.7. The summed E-state index contributed by atoms with van der Waals surface area (Å²) < 4.78 is 7.95. The van der Waals surface area contributed by atoms with Gasteiger partial charge >= 0.3 is 0 Å². The van der Waals surface area contributed by atoms with Crippen molar-refractivity contribution in [3.05, 3.63) is 136 Å². The Hall–Kier alpha value is -2.84. The average Bonchev–Trinajstić information content (AvgIpc) is 2.80. The minimum atomic E-state index is -0.538. The molecule has 0 fully saturated rings. The Labute approximate surface area is 180 Å². The van der Waals surface area contributed by atoms with Crippen LogP contribution in [0, 0.1) is 0 Å². The molecule has 1 atom stereocenters. The first-order valence-corrected chi connectivity index (χ1v) is 10.7. The minimum absolute atomic E-state index is 0.234. The Morgan fingerprint density at radius 2 is 1.24 bits per heavy atom. The van der Waals surface area contributed by atoms with E-state index < -0.39 is 5.60 Å². The maximum absolute atomic E-state index is 6.88. The molecule has 0 N–H and O–H groups in total. The number of rotatable bonds is 3. The monoisotopic (exact) mass is 440 g/mol. The molecule has 142 valence electrons. The summed E-state index contributed by atoms with van der Waals surface area (Å²) >= 11 is 3.65. The third kappa shape index (κ3) is 3.28. The van der Waals surface area contributed by atoms with E-state index in [2.05, 4.69) is 125 Å². The van der Waals surface area contributed by atoms with Crippen molar-refractivity contribution in [3.63, 3.8) is 0 Å². The summed E-state index contributed by atoms with van der Waals surface area (Å²) in [5.41, 5.74) is 4.37. The SMILES string of the molecule is Brc1ccc2c(c1)C(c1ccccc1)CC(c1ccccc1)(c1ccccc1)O2. The molecule has 2 heteroatoms. The molecule has 4 aromatic carbocycles. The van der Waals surface area contributed by atoms with Gasteiger partial charge in [0.05, 0.1) is 0 Å². The molecule has 1 aliphatic heterocycles. The van der Waals surface area contributed by atoms with Crippen molar-refractivity contribution in [3.8, 4) is 5.75 Å². The van der Waals surface area contributed by atoms with Crippen molar-refractivity contribution < 1.29 is 4.74 Å². The molecule has 0 saturated heterocycles. The van der Waals surface area contributed by atoms with Crippen LogP contribution in [0.5, 0.6) is 5.75 Å². The first-order chi connectivity index (χ1) is 14.3.